The van der Waals surface area contributed by atoms with Crippen molar-refractivity contribution >= 4 is 11.6 Å². The van der Waals surface area contributed by atoms with E-state index in [-0.39, 0.29) is 28.8 Å². The van der Waals surface area contributed by atoms with Crippen LogP contribution in [0, 0.1) is 23.7 Å². The molecule has 4 nitrogen and oxygen atoms in total. The highest BCUT2D eigenvalue weighted by Crippen LogP contribution is 2.57. The van der Waals surface area contributed by atoms with Crippen LogP contribution in [0.2, 0.25) is 0 Å². The number of carbonyl (C=O) groups is 2. The van der Waals surface area contributed by atoms with Gasteiger partial charge in [-0.3, -0.25) is 9.59 Å². The van der Waals surface area contributed by atoms with Crippen molar-refractivity contribution in [1.29, 1.82) is 0 Å². The molecule has 37 heavy (non-hydrogen) atoms. The summed E-state index contributed by atoms with van der Waals surface area (Å²) >= 11 is 0. The minimum Gasteiger partial charge on any atom is -0.496 e. The third-order valence-electron chi connectivity index (χ3n) is 8.36. The van der Waals surface area contributed by atoms with Crippen LogP contribution in [-0.4, -0.2) is 25.3 Å². The smallest absolute Gasteiger partial charge is 0.137 e. The fraction of sp³-hybridized carbons (Fsp3) is 0.576. The number of unbranched alkanes of at least 4 members (excludes halogenated alkanes) is 1. The second-order valence-electron chi connectivity index (χ2n) is 11.9. The van der Waals surface area contributed by atoms with E-state index in [9.17, 15) is 9.59 Å². The zero-order valence-electron chi connectivity index (χ0n) is 24.0. The standard InChI is InChI=1S/C33H46O4/c1-8-37-31-19-27(18-30(36-7)24(31)3)23(2)28(17-13-12-16-26-14-10-9-11-15-26)29(35)20-33(25(4)34)21-32(5,6)22-33/h9-11,14-15,18-19,23,28H,8,12-13,16-17,20-22H2,1-7H3. The van der Waals surface area contributed by atoms with E-state index in [2.05, 4.69) is 57.2 Å². The van der Waals surface area contributed by atoms with Crippen LogP contribution in [0.4, 0.5) is 0 Å². The molecule has 2 atom stereocenters. The molecule has 0 aromatic heterocycles. The van der Waals surface area contributed by atoms with Crippen molar-refractivity contribution in [2.75, 3.05) is 13.7 Å². The molecule has 0 aliphatic heterocycles. The predicted molar refractivity (Wildman–Crippen MR) is 151 cm³/mol. The second-order valence-corrected chi connectivity index (χ2v) is 11.9. The maximum absolute atomic E-state index is 14.0. The Kier molecular flexibility index (Phi) is 9.61. The van der Waals surface area contributed by atoms with Gasteiger partial charge in [-0.25, -0.2) is 0 Å². The van der Waals surface area contributed by atoms with Gasteiger partial charge in [-0.1, -0.05) is 57.5 Å². The Bertz CT molecular complexity index is 1060. The topological polar surface area (TPSA) is 52.6 Å². The van der Waals surface area contributed by atoms with Crippen molar-refractivity contribution in [1.82, 2.24) is 0 Å². The van der Waals surface area contributed by atoms with Gasteiger partial charge in [0.25, 0.3) is 0 Å². The van der Waals surface area contributed by atoms with Gasteiger partial charge in [0.2, 0.25) is 0 Å². The Hall–Kier alpha value is -2.62. The van der Waals surface area contributed by atoms with Crippen molar-refractivity contribution in [2.45, 2.75) is 92.4 Å². The molecule has 202 valence electrons. The normalized spacial score (nSPS) is 17.4. The van der Waals surface area contributed by atoms with Crippen molar-refractivity contribution in [2.24, 2.45) is 16.7 Å². The number of carbonyl (C=O) groups excluding carboxylic acids is 2. The molecule has 0 saturated heterocycles. The average Bonchev–Trinajstić information content (AvgIpc) is 2.84. The number of ether oxygens (including phenoxy) is 2. The third kappa shape index (κ3) is 7.03. The number of hydrogen-bond acceptors (Lipinski definition) is 4. The van der Waals surface area contributed by atoms with Crippen LogP contribution in [0.1, 0.15) is 95.8 Å². The van der Waals surface area contributed by atoms with Crippen molar-refractivity contribution in [3.63, 3.8) is 0 Å². The molecule has 4 heteroatoms. The summed E-state index contributed by atoms with van der Waals surface area (Å²) in [5, 5.41) is 0. The number of ketones is 2. The summed E-state index contributed by atoms with van der Waals surface area (Å²) in [6.45, 7) is 12.7. The molecule has 2 unspecified atom stereocenters. The van der Waals surface area contributed by atoms with E-state index in [0.29, 0.717) is 13.0 Å². The molecule has 2 aromatic rings. The quantitative estimate of drug-likeness (QED) is 0.244. The van der Waals surface area contributed by atoms with Gasteiger partial charge in [-0.15, -0.1) is 0 Å². The summed E-state index contributed by atoms with van der Waals surface area (Å²) in [5.41, 5.74) is 2.98. The first-order valence-electron chi connectivity index (χ1n) is 13.9. The Morgan fingerprint density at radius 1 is 1.03 bits per heavy atom. The van der Waals surface area contributed by atoms with E-state index < -0.39 is 5.41 Å². The van der Waals surface area contributed by atoms with Crippen LogP contribution in [-0.2, 0) is 16.0 Å². The van der Waals surface area contributed by atoms with E-state index in [1.807, 2.05) is 19.9 Å². The van der Waals surface area contributed by atoms with Gasteiger partial charge in [0.1, 0.15) is 23.1 Å². The molecule has 0 radical (unpaired) electrons. The molecule has 0 heterocycles. The average molecular weight is 507 g/mol. The Balaban J connectivity index is 1.84. The summed E-state index contributed by atoms with van der Waals surface area (Å²) in [4.78, 5) is 26.7. The highest BCUT2D eigenvalue weighted by molar-refractivity contribution is 5.92. The predicted octanol–water partition coefficient (Wildman–Crippen LogP) is 7.89. The first-order valence-corrected chi connectivity index (χ1v) is 13.9. The van der Waals surface area contributed by atoms with Gasteiger partial charge >= 0.3 is 0 Å². The van der Waals surface area contributed by atoms with Crippen LogP contribution in [0.15, 0.2) is 42.5 Å². The minimum atomic E-state index is -0.496. The minimum absolute atomic E-state index is 0.00461. The van der Waals surface area contributed by atoms with E-state index in [1.54, 1.807) is 14.0 Å². The van der Waals surface area contributed by atoms with Gasteiger partial charge in [-0.2, -0.15) is 0 Å². The summed E-state index contributed by atoms with van der Waals surface area (Å²) in [6, 6.07) is 14.6. The first kappa shape index (κ1) is 28.9. The molecule has 0 spiro atoms. The lowest BCUT2D eigenvalue weighted by atomic mass is 9.51. The largest absolute Gasteiger partial charge is 0.496 e. The molecule has 2 aromatic carbocycles. The van der Waals surface area contributed by atoms with E-state index in [4.69, 9.17) is 9.47 Å². The van der Waals surface area contributed by atoms with Gasteiger partial charge in [0.05, 0.1) is 13.7 Å². The number of hydrogen-bond donors (Lipinski definition) is 0. The molecule has 1 fully saturated rings. The van der Waals surface area contributed by atoms with Crippen molar-refractivity contribution < 1.29 is 19.1 Å². The number of methoxy groups -OCH3 is 1. The molecule has 3 rings (SSSR count). The monoisotopic (exact) mass is 506 g/mol. The molecule has 0 N–H and O–H groups in total. The van der Waals surface area contributed by atoms with E-state index in [0.717, 1.165) is 61.2 Å². The van der Waals surface area contributed by atoms with Gasteiger partial charge < -0.3 is 9.47 Å². The lowest BCUT2D eigenvalue weighted by Gasteiger charge is -2.52. The van der Waals surface area contributed by atoms with E-state index >= 15 is 0 Å². The maximum Gasteiger partial charge on any atom is 0.137 e. The summed E-state index contributed by atoms with van der Waals surface area (Å²) in [7, 11) is 1.67. The molecule has 1 aliphatic carbocycles. The molecule has 1 saturated carbocycles. The maximum atomic E-state index is 14.0. The SMILES string of the molecule is CCOc1cc(C(C)C(CCCCc2ccccc2)C(=O)CC2(C(C)=O)CC(C)(C)C2)cc(OC)c1C. The number of rotatable bonds is 14. The van der Waals surface area contributed by atoms with Gasteiger partial charge in [0.15, 0.2) is 0 Å². The summed E-state index contributed by atoms with van der Waals surface area (Å²) in [5.74, 6) is 1.80. The first-order chi connectivity index (χ1) is 17.5. The van der Waals surface area contributed by atoms with Crippen LogP contribution in [0.3, 0.4) is 0 Å². The van der Waals surface area contributed by atoms with Crippen LogP contribution >= 0.6 is 0 Å². The second kappa shape index (κ2) is 12.3. The van der Waals surface area contributed by atoms with Crippen molar-refractivity contribution in [3.05, 3.63) is 59.2 Å². The fourth-order valence-electron chi connectivity index (χ4n) is 6.47. The number of Topliss-reactive ketones (excluding diaryl/α,β-unsaturated/α-hetero) is 2. The zero-order chi connectivity index (χ0) is 27.2. The lowest BCUT2D eigenvalue weighted by molar-refractivity contribution is -0.147. The lowest BCUT2D eigenvalue weighted by Crippen LogP contribution is -2.49. The Morgan fingerprint density at radius 3 is 2.24 bits per heavy atom. The van der Waals surface area contributed by atoms with E-state index in [1.165, 1.54) is 5.56 Å². The van der Waals surface area contributed by atoms with Crippen LogP contribution < -0.4 is 9.47 Å². The Morgan fingerprint density at radius 2 is 1.68 bits per heavy atom. The third-order valence-corrected chi connectivity index (χ3v) is 8.36. The van der Waals surface area contributed by atoms with Gasteiger partial charge in [0, 0.05) is 23.3 Å². The molecular formula is C33H46O4. The number of benzene rings is 2. The molecule has 0 bridgehead atoms. The molecule has 1 aliphatic rings. The van der Waals surface area contributed by atoms with Crippen LogP contribution in [0.25, 0.3) is 0 Å². The van der Waals surface area contributed by atoms with Gasteiger partial charge in [-0.05, 0) is 87.5 Å². The van der Waals surface area contributed by atoms with Crippen molar-refractivity contribution in [3.8, 4) is 11.5 Å². The molecule has 0 amide bonds. The Labute approximate surface area is 224 Å². The highest BCUT2D eigenvalue weighted by atomic mass is 16.5. The highest BCUT2D eigenvalue weighted by Gasteiger charge is 2.53. The molecular weight excluding hydrogens is 460 g/mol. The number of aryl methyl sites for hydroxylation is 1. The zero-order valence-corrected chi connectivity index (χ0v) is 24.0. The fourth-order valence-corrected chi connectivity index (χ4v) is 6.47. The summed E-state index contributed by atoms with van der Waals surface area (Å²) < 4.78 is 11.6. The van der Waals surface area contributed by atoms with Crippen LogP contribution in [0.5, 0.6) is 11.5 Å². The summed E-state index contributed by atoms with van der Waals surface area (Å²) in [6.07, 6.45) is 5.76.